The fourth-order valence-corrected chi connectivity index (χ4v) is 2.29. The number of benzene rings is 2. The number of amides is 1. The molecule has 0 aliphatic carbocycles. The first-order valence-electron chi connectivity index (χ1n) is 7.31. The molecule has 116 valence electrons. The summed E-state index contributed by atoms with van der Waals surface area (Å²) in [5.41, 5.74) is 0.968. The van der Waals surface area contributed by atoms with Crippen LogP contribution in [0.15, 0.2) is 65.3 Å². The minimum atomic E-state index is -0.156. The molecule has 0 aliphatic heterocycles. The Balaban J connectivity index is 1.66. The molecule has 0 bridgehead atoms. The second-order valence-corrected chi connectivity index (χ2v) is 5.10. The van der Waals surface area contributed by atoms with Crippen LogP contribution in [0.2, 0.25) is 0 Å². The van der Waals surface area contributed by atoms with Crippen molar-refractivity contribution < 1.29 is 13.9 Å². The highest BCUT2D eigenvalue weighted by Crippen LogP contribution is 2.22. The summed E-state index contributed by atoms with van der Waals surface area (Å²) in [5, 5.41) is 4.97. The Morgan fingerprint density at radius 2 is 2.00 bits per heavy atom. The van der Waals surface area contributed by atoms with Gasteiger partial charge in [0.25, 0.3) is 0 Å². The van der Waals surface area contributed by atoms with E-state index in [1.54, 1.807) is 25.5 Å². The van der Waals surface area contributed by atoms with Gasteiger partial charge in [-0.2, -0.15) is 0 Å². The van der Waals surface area contributed by atoms with Crippen molar-refractivity contribution in [3.05, 3.63) is 72.2 Å². The molecule has 4 nitrogen and oxygen atoms in total. The number of carbonyl (C=O) groups is 1. The van der Waals surface area contributed by atoms with Gasteiger partial charge in [0, 0.05) is 6.08 Å². The van der Waals surface area contributed by atoms with E-state index in [2.05, 4.69) is 5.32 Å². The minimum Gasteiger partial charge on any atom is -0.497 e. The van der Waals surface area contributed by atoms with E-state index in [9.17, 15) is 4.79 Å². The topological polar surface area (TPSA) is 51.5 Å². The Kier molecular flexibility index (Phi) is 4.43. The maximum atomic E-state index is 11.8. The summed E-state index contributed by atoms with van der Waals surface area (Å²) >= 11 is 0. The SMILES string of the molecule is COc1ccc2cc(/C=C/C(=O)NCc3ccco3)ccc2c1. The van der Waals surface area contributed by atoms with Crippen molar-refractivity contribution >= 4 is 22.8 Å². The molecule has 0 spiro atoms. The zero-order valence-electron chi connectivity index (χ0n) is 12.8. The van der Waals surface area contributed by atoms with Gasteiger partial charge in [-0.15, -0.1) is 0 Å². The van der Waals surface area contributed by atoms with Crippen LogP contribution in [0.25, 0.3) is 16.8 Å². The smallest absolute Gasteiger partial charge is 0.244 e. The van der Waals surface area contributed by atoms with E-state index in [1.165, 1.54) is 6.08 Å². The van der Waals surface area contributed by atoms with Gasteiger partial charge < -0.3 is 14.5 Å². The number of fused-ring (bicyclic) bond motifs is 1. The van der Waals surface area contributed by atoms with Crippen LogP contribution >= 0.6 is 0 Å². The number of ether oxygens (including phenoxy) is 1. The molecule has 2 aromatic carbocycles. The van der Waals surface area contributed by atoms with E-state index in [0.717, 1.165) is 27.8 Å². The summed E-state index contributed by atoms with van der Waals surface area (Å²) < 4.78 is 10.4. The summed E-state index contributed by atoms with van der Waals surface area (Å²) in [7, 11) is 1.65. The summed E-state index contributed by atoms with van der Waals surface area (Å²) in [6, 6.07) is 15.5. The highest BCUT2D eigenvalue weighted by molar-refractivity contribution is 5.93. The molecule has 3 rings (SSSR count). The molecule has 0 fully saturated rings. The number of hydrogen-bond donors (Lipinski definition) is 1. The van der Waals surface area contributed by atoms with E-state index in [4.69, 9.17) is 9.15 Å². The van der Waals surface area contributed by atoms with Crippen LogP contribution in [-0.4, -0.2) is 13.0 Å². The van der Waals surface area contributed by atoms with E-state index >= 15 is 0 Å². The predicted octanol–water partition coefficient (Wildman–Crippen LogP) is 3.77. The Morgan fingerprint density at radius 3 is 2.78 bits per heavy atom. The normalized spacial score (nSPS) is 11.0. The first-order chi connectivity index (χ1) is 11.2. The Morgan fingerprint density at radius 1 is 1.17 bits per heavy atom. The fraction of sp³-hybridized carbons (Fsp3) is 0.105. The number of furan rings is 1. The van der Waals surface area contributed by atoms with Crippen molar-refractivity contribution in [3.8, 4) is 5.75 Å². The zero-order valence-corrected chi connectivity index (χ0v) is 12.8. The monoisotopic (exact) mass is 307 g/mol. The molecule has 1 N–H and O–H groups in total. The van der Waals surface area contributed by atoms with E-state index in [1.807, 2.05) is 42.5 Å². The molecular formula is C19H17NO3. The van der Waals surface area contributed by atoms with Gasteiger partial charge in [-0.1, -0.05) is 18.2 Å². The van der Waals surface area contributed by atoms with Crippen LogP contribution in [-0.2, 0) is 11.3 Å². The van der Waals surface area contributed by atoms with Gasteiger partial charge >= 0.3 is 0 Å². The largest absolute Gasteiger partial charge is 0.497 e. The lowest BCUT2D eigenvalue weighted by atomic mass is 10.1. The number of hydrogen-bond acceptors (Lipinski definition) is 3. The lowest BCUT2D eigenvalue weighted by molar-refractivity contribution is -0.116. The Bertz CT molecular complexity index is 835. The van der Waals surface area contributed by atoms with Crippen LogP contribution in [0.1, 0.15) is 11.3 Å². The van der Waals surface area contributed by atoms with Crippen molar-refractivity contribution in [2.45, 2.75) is 6.54 Å². The van der Waals surface area contributed by atoms with Crippen LogP contribution in [0.3, 0.4) is 0 Å². The van der Waals surface area contributed by atoms with Gasteiger partial charge in [0.1, 0.15) is 11.5 Å². The predicted molar refractivity (Wildman–Crippen MR) is 90.1 cm³/mol. The quantitative estimate of drug-likeness (QED) is 0.730. The van der Waals surface area contributed by atoms with E-state index < -0.39 is 0 Å². The zero-order chi connectivity index (χ0) is 16.1. The van der Waals surface area contributed by atoms with Gasteiger partial charge in [-0.3, -0.25) is 4.79 Å². The third kappa shape index (κ3) is 3.80. The molecule has 3 aromatic rings. The highest BCUT2D eigenvalue weighted by Gasteiger charge is 2.00. The number of methoxy groups -OCH3 is 1. The van der Waals surface area contributed by atoms with Crippen molar-refractivity contribution in [2.24, 2.45) is 0 Å². The number of nitrogens with one attached hydrogen (secondary N) is 1. The molecule has 0 saturated heterocycles. The van der Waals surface area contributed by atoms with Crippen LogP contribution in [0.4, 0.5) is 0 Å². The Hall–Kier alpha value is -3.01. The molecule has 1 amide bonds. The highest BCUT2D eigenvalue weighted by atomic mass is 16.5. The van der Waals surface area contributed by atoms with Crippen molar-refractivity contribution in [2.75, 3.05) is 7.11 Å². The number of rotatable bonds is 5. The van der Waals surface area contributed by atoms with E-state index in [-0.39, 0.29) is 5.91 Å². The second-order valence-electron chi connectivity index (χ2n) is 5.10. The minimum absolute atomic E-state index is 0.156. The molecular weight excluding hydrogens is 290 g/mol. The van der Waals surface area contributed by atoms with Crippen molar-refractivity contribution in [1.29, 1.82) is 0 Å². The lowest BCUT2D eigenvalue weighted by Gasteiger charge is -2.03. The molecule has 0 saturated carbocycles. The summed E-state index contributed by atoms with van der Waals surface area (Å²) in [6.45, 7) is 0.383. The second kappa shape index (κ2) is 6.83. The van der Waals surface area contributed by atoms with E-state index in [0.29, 0.717) is 6.54 Å². The first-order valence-corrected chi connectivity index (χ1v) is 7.31. The molecule has 0 unspecified atom stereocenters. The fourth-order valence-electron chi connectivity index (χ4n) is 2.29. The van der Waals surface area contributed by atoms with Gasteiger partial charge in [0.05, 0.1) is 19.9 Å². The van der Waals surface area contributed by atoms with Crippen LogP contribution < -0.4 is 10.1 Å². The van der Waals surface area contributed by atoms with Gasteiger partial charge in [-0.25, -0.2) is 0 Å². The summed E-state index contributed by atoms with van der Waals surface area (Å²) in [4.78, 5) is 11.8. The summed E-state index contributed by atoms with van der Waals surface area (Å²) in [6.07, 6.45) is 4.90. The van der Waals surface area contributed by atoms with Crippen molar-refractivity contribution in [3.63, 3.8) is 0 Å². The van der Waals surface area contributed by atoms with Crippen LogP contribution in [0, 0.1) is 0 Å². The van der Waals surface area contributed by atoms with Gasteiger partial charge in [0.2, 0.25) is 5.91 Å². The molecule has 4 heteroatoms. The first kappa shape index (κ1) is 14.9. The maximum absolute atomic E-state index is 11.8. The number of carbonyl (C=O) groups excluding carboxylic acids is 1. The maximum Gasteiger partial charge on any atom is 0.244 e. The average Bonchev–Trinajstić information content (AvgIpc) is 3.11. The van der Waals surface area contributed by atoms with Gasteiger partial charge in [0.15, 0.2) is 0 Å². The molecule has 23 heavy (non-hydrogen) atoms. The third-order valence-electron chi connectivity index (χ3n) is 3.52. The standard InChI is InChI=1S/C19H17NO3/c1-22-17-8-7-15-11-14(4-6-16(15)12-17)5-9-19(21)20-13-18-3-2-10-23-18/h2-12H,13H2,1H3,(H,20,21)/b9-5+. The third-order valence-corrected chi connectivity index (χ3v) is 3.52. The van der Waals surface area contributed by atoms with Gasteiger partial charge in [-0.05, 0) is 52.7 Å². The molecule has 0 aliphatic rings. The van der Waals surface area contributed by atoms with Crippen LogP contribution in [0.5, 0.6) is 5.75 Å². The molecule has 1 heterocycles. The molecule has 0 radical (unpaired) electrons. The van der Waals surface area contributed by atoms with Crippen molar-refractivity contribution in [1.82, 2.24) is 5.32 Å². The molecule has 1 aromatic heterocycles. The summed E-state index contributed by atoms with van der Waals surface area (Å²) in [5.74, 6) is 1.40. The molecule has 0 atom stereocenters. The Labute approximate surface area is 134 Å². The average molecular weight is 307 g/mol. The lowest BCUT2D eigenvalue weighted by Crippen LogP contribution is -2.19.